The summed E-state index contributed by atoms with van der Waals surface area (Å²) in [6, 6.07) is 2.24. The number of hydrogen-bond donors (Lipinski definition) is 1. The van der Waals surface area contributed by atoms with Gasteiger partial charge < -0.3 is 5.32 Å². The van der Waals surface area contributed by atoms with Crippen LogP contribution in [0.15, 0.2) is 0 Å². The lowest BCUT2D eigenvalue weighted by molar-refractivity contribution is 0.446. The SMILES string of the molecule is Cl.N#CC1CCCNC1. The first-order valence-corrected chi connectivity index (χ1v) is 3.04. The van der Waals surface area contributed by atoms with Crippen LogP contribution in [0.25, 0.3) is 0 Å². The maximum absolute atomic E-state index is 8.40. The van der Waals surface area contributed by atoms with E-state index in [2.05, 4.69) is 11.4 Å². The summed E-state index contributed by atoms with van der Waals surface area (Å²) < 4.78 is 0. The first-order chi connectivity index (χ1) is 3.93. The Labute approximate surface area is 61.7 Å². The molecule has 52 valence electrons. The molecule has 0 bridgehead atoms. The fourth-order valence-corrected chi connectivity index (χ4v) is 0.962. The Hall–Kier alpha value is -0.260. The summed E-state index contributed by atoms with van der Waals surface area (Å²) in [5, 5.41) is 11.6. The van der Waals surface area contributed by atoms with E-state index in [1.54, 1.807) is 0 Å². The molecule has 0 aromatic heterocycles. The minimum Gasteiger partial charge on any atom is -0.315 e. The molecule has 3 heteroatoms. The van der Waals surface area contributed by atoms with Gasteiger partial charge in [-0.05, 0) is 19.4 Å². The van der Waals surface area contributed by atoms with E-state index in [0.29, 0.717) is 0 Å². The number of nitrogens with one attached hydrogen (secondary N) is 1. The fourth-order valence-electron chi connectivity index (χ4n) is 0.962. The third-order valence-electron chi connectivity index (χ3n) is 1.48. The molecule has 0 aliphatic carbocycles. The van der Waals surface area contributed by atoms with Crippen LogP contribution >= 0.6 is 12.4 Å². The highest BCUT2D eigenvalue weighted by molar-refractivity contribution is 5.85. The van der Waals surface area contributed by atoms with Crippen LogP contribution in [0.2, 0.25) is 0 Å². The van der Waals surface area contributed by atoms with Crippen LogP contribution in [-0.4, -0.2) is 13.1 Å². The van der Waals surface area contributed by atoms with Crippen LogP contribution in [0.3, 0.4) is 0 Å². The molecule has 1 aliphatic rings. The summed E-state index contributed by atoms with van der Waals surface area (Å²) in [4.78, 5) is 0. The van der Waals surface area contributed by atoms with E-state index in [-0.39, 0.29) is 18.3 Å². The van der Waals surface area contributed by atoms with Crippen LogP contribution < -0.4 is 5.32 Å². The van der Waals surface area contributed by atoms with E-state index in [0.717, 1.165) is 25.9 Å². The molecular weight excluding hydrogens is 136 g/mol. The third-order valence-corrected chi connectivity index (χ3v) is 1.48. The van der Waals surface area contributed by atoms with Crippen LogP contribution in [0, 0.1) is 17.2 Å². The van der Waals surface area contributed by atoms with Gasteiger partial charge >= 0.3 is 0 Å². The van der Waals surface area contributed by atoms with Gasteiger partial charge in [0.1, 0.15) is 0 Å². The Morgan fingerprint density at radius 2 is 2.33 bits per heavy atom. The van der Waals surface area contributed by atoms with Gasteiger partial charge in [0.05, 0.1) is 12.0 Å². The number of piperidine rings is 1. The van der Waals surface area contributed by atoms with Gasteiger partial charge in [0.15, 0.2) is 0 Å². The Morgan fingerprint density at radius 3 is 2.67 bits per heavy atom. The van der Waals surface area contributed by atoms with E-state index >= 15 is 0 Å². The molecule has 1 N–H and O–H groups in total. The van der Waals surface area contributed by atoms with Crippen molar-refractivity contribution in [2.24, 2.45) is 5.92 Å². The second kappa shape index (κ2) is 4.60. The molecule has 1 aliphatic heterocycles. The van der Waals surface area contributed by atoms with Crippen molar-refractivity contribution < 1.29 is 0 Å². The van der Waals surface area contributed by atoms with Crippen molar-refractivity contribution in [1.82, 2.24) is 5.32 Å². The third kappa shape index (κ3) is 2.69. The zero-order valence-corrected chi connectivity index (χ0v) is 6.08. The van der Waals surface area contributed by atoms with Gasteiger partial charge in [-0.1, -0.05) is 0 Å². The zero-order chi connectivity index (χ0) is 5.82. The summed E-state index contributed by atoms with van der Waals surface area (Å²) in [5.41, 5.74) is 0. The summed E-state index contributed by atoms with van der Waals surface area (Å²) in [6.07, 6.45) is 2.25. The van der Waals surface area contributed by atoms with Crippen LogP contribution in [0.1, 0.15) is 12.8 Å². The van der Waals surface area contributed by atoms with Crippen LogP contribution in [-0.2, 0) is 0 Å². The van der Waals surface area contributed by atoms with E-state index < -0.39 is 0 Å². The number of nitriles is 1. The molecule has 1 fully saturated rings. The van der Waals surface area contributed by atoms with Gasteiger partial charge in [-0.2, -0.15) is 5.26 Å². The molecule has 0 aromatic carbocycles. The second-order valence-corrected chi connectivity index (χ2v) is 2.17. The van der Waals surface area contributed by atoms with Gasteiger partial charge in [0.25, 0.3) is 0 Å². The molecule has 0 saturated carbocycles. The molecule has 0 amide bonds. The minimum absolute atomic E-state index is 0. The lowest BCUT2D eigenvalue weighted by Gasteiger charge is -2.15. The summed E-state index contributed by atoms with van der Waals surface area (Å²) in [7, 11) is 0. The molecule has 1 saturated heterocycles. The fraction of sp³-hybridized carbons (Fsp3) is 0.833. The predicted molar refractivity (Wildman–Crippen MR) is 38.5 cm³/mol. The highest BCUT2D eigenvalue weighted by Crippen LogP contribution is 2.06. The largest absolute Gasteiger partial charge is 0.315 e. The first kappa shape index (κ1) is 8.74. The maximum Gasteiger partial charge on any atom is 0.0669 e. The number of rotatable bonds is 0. The van der Waals surface area contributed by atoms with E-state index in [1.807, 2.05) is 0 Å². The Morgan fingerprint density at radius 1 is 1.56 bits per heavy atom. The standard InChI is InChI=1S/C6H10N2.ClH/c7-4-6-2-1-3-8-5-6;/h6,8H,1-3,5H2;1H. The minimum atomic E-state index is 0. The van der Waals surface area contributed by atoms with Crippen molar-refractivity contribution in [2.45, 2.75) is 12.8 Å². The van der Waals surface area contributed by atoms with Gasteiger partial charge in [-0.15, -0.1) is 12.4 Å². The summed E-state index contributed by atoms with van der Waals surface area (Å²) in [6.45, 7) is 1.99. The van der Waals surface area contributed by atoms with E-state index in [4.69, 9.17) is 5.26 Å². The molecule has 9 heavy (non-hydrogen) atoms. The van der Waals surface area contributed by atoms with Gasteiger partial charge in [-0.3, -0.25) is 0 Å². The highest BCUT2D eigenvalue weighted by atomic mass is 35.5. The molecule has 1 atom stereocenters. The van der Waals surface area contributed by atoms with E-state index in [9.17, 15) is 0 Å². The van der Waals surface area contributed by atoms with Gasteiger partial charge in [0.2, 0.25) is 0 Å². The quantitative estimate of drug-likeness (QED) is 0.552. The topological polar surface area (TPSA) is 35.8 Å². The van der Waals surface area contributed by atoms with Crippen molar-refractivity contribution in [3.8, 4) is 6.07 Å². The normalized spacial score (nSPS) is 25.9. The molecule has 2 nitrogen and oxygen atoms in total. The van der Waals surface area contributed by atoms with Crippen molar-refractivity contribution in [3.63, 3.8) is 0 Å². The molecular formula is C6H11ClN2. The smallest absolute Gasteiger partial charge is 0.0669 e. The number of nitrogens with zero attached hydrogens (tertiary/aromatic N) is 1. The molecule has 1 rings (SSSR count). The monoisotopic (exact) mass is 146 g/mol. The van der Waals surface area contributed by atoms with Crippen molar-refractivity contribution in [3.05, 3.63) is 0 Å². The summed E-state index contributed by atoms with van der Waals surface area (Å²) >= 11 is 0. The maximum atomic E-state index is 8.40. The predicted octanol–water partition coefficient (Wildman–Crippen LogP) is 0.931. The Kier molecular flexibility index (Phi) is 4.47. The second-order valence-electron chi connectivity index (χ2n) is 2.17. The highest BCUT2D eigenvalue weighted by Gasteiger charge is 2.09. The number of halogens is 1. The molecule has 0 radical (unpaired) electrons. The molecule has 0 spiro atoms. The lowest BCUT2D eigenvalue weighted by atomic mass is 10.0. The first-order valence-electron chi connectivity index (χ1n) is 3.04. The molecule has 1 heterocycles. The van der Waals surface area contributed by atoms with Crippen molar-refractivity contribution in [1.29, 1.82) is 5.26 Å². The van der Waals surface area contributed by atoms with Crippen molar-refractivity contribution in [2.75, 3.05) is 13.1 Å². The molecule has 0 aromatic rings. The van der Waals surface area contributed by atoms with Crippen LogP contribution in [0.4, 0.5) is 0 Å². The average molecular weight is 147 g/mol. The zero-order valence-electron chi connectivity index (χ0n) is 5.26. The van der Waals surface area contributed by atoms with Crippen LogP contribution in [0.5, 0.6) is 0 Å². The molecule has 1 unspecified atom stereocenters. The lowest BCUT2D eigenvalue weighted by Crippen LogP contribution is -2.28. The number of hydrogen-bond acceptors (Lipinski definition) is 2. The van der Waals surface area contributed by atoms with Crippen molar-refractivity contribution >= 4 is 12.4 Å². The summed E-state index contributed by atoms with van der Waals surface area (Å²) in [5.74, 6) is 0.281. The Balaban J connectivity index is 0.000000640. The van der Waals surface area contributed by atoms with E-state index in [1.165, 1.54) is 0 Å². The average Bonchev–Trinajstić information content (AvgIpc) is 1.90. The Bertz CT molecular complexity index is 102. The van der Waals surface area contributed by atoms with Gasteiger partial charge in [0, 0.05) is 6.54 Å². The van der Waals surface area contributed by atoms with Gasteiger partial charge in [-0.25, -0.2) is 0 Å².